The van der Waals surface area contributed by atoms with Crippen molar-refractivity contribution in [2.75, 3.05) is 18.0 Å². The van der Waals surface area contributed by atoms with Crippen LogP contribution in [0.1, 0.15) is 31.4 Å². The fraction of sp³-hybridized carbons (Fsp3) is 0.257. The molecule has 1 N–H and O–H groups in total. The minimum Gasteiger partial charge on any atom is -0.497 e. The Morgan fingerprint density at radius 2 is 1.48 bits per heavy atom. The number of carbonyl (C=O) groups excluding carboxylic acids is 2. The molecule has 0 fully saturated rings. The molecule has 2 atom stereocenters. The number of sulfonamides is 1. The number of nitrogens with one attached hydrogen (secondary N) is 1. The molecular weight excluding hydrogens is 645 g/mol. The molecule has 0 aliphatic rings. The lowest BCUT2D eigenvalue weighted by molar-refractivity contribution is -0.140. The van der Waals surface area contributed by atoms with Crippen molar-refractivity contribution in [1.29, 1.82) is 0 Å². The van der Waals surface area contributed by atoms with Gasteiger partial charge in [-0.3, -0.25) is 13.9 Å². The van der Waals surface area contributed by atoms with Crippen molar-refractivity contribution in [1.82, 2.24) is 10.2 Å². The van der Waals surface area contributed by atoms with Gasteiger partial charge in [0.25, 0.3) is 10.0 Å². The van der Waals surface area contributed by atoms with Crippen LogP contribution in [0, 0.1) is 0 Å². The van der Waals surface area contributed by atoms with E-state index in [4.69, 9.17) is 27.9 Å². The number of halogens is 2. The van der Waals surface area contributed by atoms with Crippen molar-refractivity contribution in [2.24, 2.45) is 0 Å². The fourth-order valence-corrected chi connectivity index (χ4v) is 6.67. The van der Waals surface area contributed by atoms with Gasteiger partial charge < -0.3 is 15.0 Å². The molecule has 0 spiro atoms. The van der Waals surface area contributed by atoms with Crippen molar-refractivity contribution in [3.05, 3.63) is 124 Å². The van der Waals surface area contributed by atoms with Crippen LogP contribution >= 0.6 is 23.2 Å². The molecule has 0 unspecified atom stereocenters. The summed E-state index contributed by atoms with van der Waals surface area (Å²) in [6.07, 6.45) is 0.895. The molecule has 0 aliphatic carbocycles. The molecule has 0 heterocycles. The predicted molar refractivity (Wildman–Crippen MR) is 183 cm³/mol. The molecule has 0 aromatic heterocycles. The maximum absolute atomic E-state index is 14.5. The molecule has 46 heavy (non-hydrogen) atoms. The quantitative estimate of drug-likeness (QED) is 0.159. The molecule has 0 radical (unpaired) electrons. The van der Waals surface area contributed by atoms with Crippen LogP contribution in [0.2, 0.25) is 10.0 Å². The van der Waals surface area contributed by atoms with Gasteiger partial charge in [-0.05, 0) is 79.1 Å². The van der Waals surface area contributed by atoms with E-state index in [1.807, 2.05) is 44.2 Å². The third-order valence-electron chi connectivity index (χ3n) is 7.54. The van der Waals surface area contributed by atoms with E-state index in [2.05, 4.69) is 5.32 Å². The number of ether oxygens (including phenoxy) is 1. The Morgan fingerprint density at radius 1 is 0.848 bits per heavy atom. The van der Waals surface area contributed by atoms with E-state index in [1.165, 1.54) is 42.3 Å². The molecule has 2 amide bonds. The summed E-state index contributed by atoms with van der Waals surface area (Å²) >= 11 is 12.6. The van der Waals surface area contributed by atoms with Crippen LogP contribution in [0.3, 0.4) is 0 Å². The largest absolute Gasteiger partial charge is 0.497 e. The highest BCUT2D eigenvalue weighted by atomic mass is 35.5. The topological polar surface area (TPSA) is 96.0 Å². The van der Waals surface area contributed by atoms with Crippen molar-refractivity contribution in [3.8, 4) is 5.75 Å². The van der Waals surface area contributed by atoms with Crippen LogP contribution in [0.25, 0.3) is 0 Å². The Bertz CT molecular complexity index is 1740. The number of amides is 2. The highest BCUT2D eigenvalue weighted by molar-refractivity contribution is 7.92. The zero-order chi connectivity index (χ0) is 33.3. The summed E-state index contributed by atoms with van der Waals surface area (Å²) in [5, 5.41) is 3.79. The molecule has 4 aromatic rings. The number of benzene rings is 4. The van der Waals surface area contributed by atoms with Crippen LogP contribution in [0.4, 0.5) is 5.69 Å². The SMILES string of the molecule is CC[C@@H](C)NC(=O)[C@@H](Cc1ccccc1)N(Cc1cccc(Cl)c1)C(=O)CN(c1cccc(Cl)c1)S(=O)(=O)c1ccc(OC)cc1. The standard InChI is InChI=1S/C35H37Cl2N3O5S/c1-4-25(2)38-35(42)33(21-26-10-6-5-7-11-26)39(23-27-12-8-13-28(36)20-27)34(41)24-40(30-15-9-14-29(37)22-30)46(43,44)32-18-16-31(45-3)17-19-32/h5-20,22,25,33H,4,21,23-24H2,1-3H3,(H,38,42)/t25-,33-/m1/s1. The van der Waals surface area contributed by atoms with Crippen molar-refractivity contribution in [2.45, 2.75) is 50.2 Å². The maximum atomic E-state index is 14.5. The fourth-order valence-electron chi connectivity index (χ4n) is 4.86. The molecule has 242 valence electrons. The summed E-state index contributed by atoms with van der Waals surface area (Å²) in [6, 6.07) is 27.4. The van der Waals surface area contributed by atoms with Gasteiger partial charge in [-0.1, -0.05) is 78.7 Å². The van der Waals surface area contributed by atoms with E-state index in [0.717, 1.165) is 9.87 Å². The predicted octanol–water partition coefficient (Wildman–Crippen LogP) is 6.75. The summed E-state index contributed by atoms with van der Waals surface area (Å²) in [5.41, 5.74) is 1.72. The minimum atomic E-state index is -4.28. The van der Waals surface area contributed by atoms with Gasteiger partial charge in [-0.2, -0.15) is 0 Å². The normalized spacial score (nSPS) is 12.5. The average Bonchev–Trinajstić information content (AvgIpc) is 3.05. The second kappa shape index (κ2) is 16.0. The maximum Gasteiger partial charge on any atom is 0.264 e. The number of hydrogen-bond acceptors (Lipinski definition) is 5. The molecule has 11 heteroatoms. The lowest BCUT2D eigenvalue weighted by Crippen LogP contribution is -2.54. The molecule has 0 aliphatic heterocycles. The summed E-state index contributed by atoms with van der Waals surface area (Å²) in [5.74, 6) is -0.453. The van der Waals surface area contributed by atoms with Gasteiger partial charge in [0.15, 0.2) is 0 Å². The van der Waals surface area contributed by atoms with Crippen molar-refractivity contribution in [3.63, 3.8) is 0 Å². The Labute approximate surface area is 280 Å². The summed E-state index contributed by atoms with van der Waals surface area (Å²) in [6.45, 7) is 3.26. The van der Waals surface area contributed by atoms with E-state index in [9.17, 15) is 18.0 Å². The van der Waals surface area contributed by atoms with Crippen LogP contribution < -0.4 is 14.4 Å². The molecule has 4 aromatic carbocycles. The lowest BCUT2D eigenvalue weighted by atomic mass is 10.0. The Kier molecular flexibility index (Phi) is 12.1. The molecule has 0 saturated heterocycles. The minimum absolute atomic E-state index is 0.0107. The summed E-state index contributed by atoms with van der Waals surface area (Å²) in [7, 11) is -2.80. The first-order valence-corrected chi connectivity index (χ1v) is 17.0. The van der Waals surface area contributed by atoms with Gasteiger partial charge in [0, 0.05) is 29.1 Å². The number of hydrogen-bond donors (Lipinski definition) is 1. The van der Waals surface area contributed by atoms with Gasteiger partial charge in [0.2, 0.25) is 11.8 Å². The third kappa shape index (κ3) is 9.02. The summed E-state index contributed by atoms with van der Waals surface area (Å²) in [4.78, 5) is 29.8. The average molecular weight is 683 g/mol. The number of carbonyl (C=O) groups is 2. The van der Waals surface area contributed by atoms with Gasteiger partial charge in [0.05, 0.1) is 17.7 Å². The highest BCUT2D eigenvalue weighted by Crippen LogP contribution is 2.28. The van der Waals surface area contributed by atoms with E-state index in [-0.39, 0.29) is 35.5 Å². The van der Waals surface area contributed by atoms with Gasteiger partial charge >= 0.3 is 0 Å². The molecule has 8 nitrogen and oxygen atoms in total. The van der Waals surface area contributed by atoms with Crippen LogP contribution in [-0.4, -0.2) is 50.9 Å². The van der Waals surface area contributed by atoms with E-state index in [0.29, 0.717) is 27.8 Å². The third-order valence-corrected chi connectivity index (χ3v) is 9.79. The number of anilines is 1. The van der Waals surface area contributed by atoms with Crippen LogP contribution in [-0.2, 0) is 32.6 Å². The van der Waals surface area contributed by atoms with Crippen molar-refractivity contribution >= 4 is 50.7 Å². The van der Waals surface area contributed by atoms with Crippen LogP contribution in [0.15, 0.2) is 108 Å². The zero-order valence-corrected chi connectivity index (χ0v) is 28.2. The second-order valence-electron chi connectivity index (χ2n) is 10.8. The van der Waals surface area contributed by atoms with E-state index >= 15 is 0 Å². The summed E-state index contributed by atoms with van der Waals surface area (Å²) < 4.78 is 34.5. The van der Waals surface area contributed by atoms with Crippen molar-refractivity contribution < 1.29 is 22.7 Å². The Morgan fingerprint density at radius 3 is 2.09 bits per heavy atom. The van der Waals surface area contributed by atoms with Gasteiger partial charge in [-0.25, -0.2) is 8.42 Å². The molecule has 4 rings (SSSR count). The number of methoxy groups -OCH3 is 1. The Balaban J connectivity index is 1.81. The highest BCUT2D eigenvalue weighted by Gasteiger charge is 2.35. The van der Waals surface area contributed by atoms with Gasteiger partial charge in [0.1, 0.15) is 18.3 Å². The zero-order valence-electron chi connectivity index (χ0n) is 25.9. The molecular formula is C35H37Cl2N3O5S. The van der Waals surface area contributed by atoms with E-state index < -0.39 is 28.5 Å². The molecule has 0 bridgehead atoms. The first-order valence-electron chi connectivity index (χ1n) is 14.8. The van der Waals surface area contributed by atoms with E-state index in [1.54, 1.807) is 42.5 Å². The number of nitrogens with zero attached hydrogens (tertiary/aromatic N) is 2. The first kappa shape index (κ1) is 34.8. The smallest absolute Gasteiger partial charge is 0.264 e. The second-order valence-corrected chi connectivity index (χ2v) is 13.6. The lowest BCUT2D eigenvalue weighted by Gasteiger charge is -2.34. The Hall–Kier alpha value is -4.05. The molecule has 0 saturated carbocycles. The number of rotatable bonds is 14. The first-order chi connectivity index (χ1) is 22.0. The monoisotopic (exact) mass is 681 g/mol. The van der Waals surface area contributed by atoms with Crippen LogP contribution in [0.5, 0.6) is 5.75 Å². The van der Waals surface area contributed by atoms with Gasteiger partial charge in [-0.15, -0.1) is 0 Å².